The van der Waals surface area contributed by atoms with E-state index in [2.05, 4.69) is 63.1 Å². The summed E-state index contributed by atoms with van der Waals surface area (Å²) in [7, 11) is 2.10. The van der Waals surface area contributed by atoms with Crippen LogP contribution in [0.2, 0.25) is 0 Å². The molecule has 3 heterocycles. The summed E-state index contributed by atoms with van der Waals surface area (Å²) in [6.45, 7) is 5.79. The maximum Gasteiger partial charge on any atom is 0.277 e. The van der Waals surface area contributed by atoms with Gasteiger partial charge in [0.25, 0.3) is 5.91 Å². The van der Waals surface area contributed by atoms with Gasteiger partial charge < -0.3 is 14.8 Å². The lowest BCUT2D eigenvalue weighted by Gasteiger charge is -2.32. The van der Waals surface area contributed by atoms with Crippen molar-refractivity contribution >= 4 is 22.8 Å². The molecule has 3 N–H and O–H groups in total. The molecule has 3 aromatic rings. The summed E-state index contributed by atoms with van der Waals surface area (Å²) in [5.41, 5.74) is 5.73. The number of aromatic nitrogens is 3. The number of piperidine rings is 1. The van der Waals surface area contributed by atoms with E-state index in [0.29, 0.717) is 11.9 Å². The molecule has 8 heteroatoms. The summed E-state index contributed by atoms with van der Waals surface area (Å²) < 4.78 is 2.19. The van der Waals surface area contributed by atoms with Gasteiger partial charge in [-0.3, -0.25) is 10.0 Å². The first-order valence-electron chi connectivity index (χ1n) is 10.3. The Morgan fingerprint density at radius 3 is 2.67 bits per heavy atom. The minimum Gasteiger partial charge on any atom is -0.350 e. The minimum absolute atomic E-state index is 0.240. The van der Waals surface area contributed by atoms with Crippen LogP contribution in [0.5, 0.6) is 0 Å². The fourth-order valence-corrected chi connectivity index (χ4v) is 4.14. The van der Waals surface area contributed by atoms with Crippen LogP contribution < -0.4 is 15.7 Å². The van der Waals surface area contributed by atoms with Crippen molar-refractivity contribution in [2.75, 3.05) is 24.5 Å². The minimum atomic E-state index is -0.604. The number of amides is 1. The molecule has 0 atom stereocenters. The van der Waals surface area contributed by atoms with Crippen LogP contribution in [0.3, 0.4) is 0 Å². The maximum atomic E-state index is 11.4. The summed E-state index contributed by atoms with van der Waals surface area (Å²) in [6, 6.07) is 6.61. The molecule has 1 aromatic carbocycles. The third kappa shape index (κ3) is 4.29. The van der Waals surface area contributed by atoms with E-state index >= 15 is 0 Å². The highest BCUT2D eigenvalue weighted by Crippen LogP contribution is 2.23. The first kappa shape index (κ1) is 20.3. The molecule has 1 saturated heterocycles. The van der Waals surface area contributed by atoms with Gasteiger partial charge in [-0.25, -0.2) is 15.4 Å². The molecule has 0 saturated carbocycles. The van der Waals surface area contributed by atoms with Crippen LogP contribution in [0.15, 0.2) is 36.8 Å². The Morgan fingerprint density at radius 2 is 1.97 bits per heavy atom. The molecule has 1 fully saturated rings. The van der Waals surface area contributed by atoms with E-state index in [1.165, 1.54) is 34.4 Å². The molecule has 0 aliphatic carbocycles. The Hall–Kier alpha value is -2.97. The number of nitrogens with one attached hydrogen (secondary N) is 2. The van der Waals surface area contributed by atoms with Crippen LogP contribution in [0, 0.1) is 12.8 Å². The second kappa shape index (κ2) is 8.81. The van der Waals surface area contributed by atoms with E-state index in [1.54, 1.807) is 5.48 Å². The third-order valence-corrected chi connectivity index (χ3v) is 5.88. The van der Waals surface area contributed by atoms with Gasteiger partial charge >= 0.3 is 0 Å². The van der Waals surface area contributed by atoms with Crippen LogP contribution in [0.4, 0.5) is 5.95 Å². The summed E-state index contributed by atoms with van der Waals surface area (Å²) in [6.07, 6.45) is 7.24. The van der Waals surface area contributed by atoms with Gasteiger partial charge in [0.15, 0.2) is 0 Å². The van der Waals surface area contributed by atoms with Gasteiger partial charge in [-0.15, -0.1) is 0 Å². The van der Waals surface area contributed by atoms with Gasteiger partial charge in [-0.05, 0) is 49.9 Å². The molecule has 1 aliphatic heterocycles. The number of hydrogen-bond acceptors (Lipinski definition) is 6. The number of benzene rings is 1. The van der Waals surface area contributed by atoms with Crippen molar-refractivity contribution in [3.05, 3.63) is 53.5 Å². The number of hydrogen-bond donors (Lipinski definition) is 3. The number of anilines is 1. The molecule has 0 unspecified atom stereocenters. The third-order valence-electron chi connectivity index (χ3n) is 5.88. The maximum absolute atomic E-state index is 11.4. The highest BCUT2D eigenvalue weighted by Gasteiger charge is 2.21. The number of aryl methyl sites for hydroxylation is 2. The molecule has 8 nitrogen and oxygen atoms in total. The molecule has 1 amide bonds. The molecule has 2 aromatic heterocycles. The van der Waals surface area contributed by atoms with Crippen LogP contribution in [0.25, 0.3) is 10.9 Å². The lowest BCUT2D eigenvalue weighted by Crippen LogP contribution is -2.38. The van der Waals surface area contributed by atoms with E-state index in [1.807, 2.05) is 0 Å². The van der Waals surface area contributed by atoms with Gasteiger partial charge in [0.1, 0.15) is 0 Å². The average Bonchev–Trinajstić information content (AvgIpc) is 3.08. The Balaban J connectivity index is 1.27. The Bertz CT molecular complexity index is 1020. The molecule has 0 radical (unpaired) electrons. The quantitative estimate of drug-likeness (QED) is 0.428. The largest absolute Gasteiger partial charge is 0.350 e. The molecule has 0 bridgehead atoms. The van der Waals surface area contributed by atoms with Crippen LogP contribution in [-0.2, 0) is 13.6 Å². The first-order chi connectivity index (χ1) is 14.5. The zero-order valence-electron chi connectivity index (χ0n) is 17.4. The van der Waals surface area contributed by atoms with Crippen molar-refractivity contribution in [1.29, 1.82) is 0 Å². The van der Waals surface area contributed by atoms with Crippen LogP contribution in [0.1, 0.15) is 34.3 Å². The van der Waals surface area contributed by atoms with Crippen LogP contribution >= 0.6 is 0 Å². The molecular formula is C22H28N6O2. The smallest absolute Gasteiger partial charge is 0.277 e. The lowest BCUT2D eigenvalue weighted by molar-refractivity contribution is 0.0705. The number of carbonyl (C=O) groups is 1. The zero-order valence-corrected chi connectivity index (χ0v) is 17.4. The standard InChI is InChI=1S/C22H28N6O2/c1-15-3-4-20-19(9-15)18(14-27(20)2)11-23-10-16-5-7-28(8-6-16)22-24-12-17(13-25-22)21(29)26-30/h3-4,9,12-14,16,23,30H,5-8,10-11H2,1-2H3,(H,26,29). The summed E-state index contributed by atoms with van der Waals surface area (Å²) in [5.74, 6) is 0.645. The van der Waals surface area contributed by atoms with Gasteiger partial charge in [0.05, 0.1) is 5.56 Å². The Labute approximate surface area is 175 Å². The van der Waals surface area contributed by atoms with Crippen molar-refractivity contribution in [2.45, 2.75) is 26.3 Å². The summed E-state index contributed by atoms with van der Waals surface area (Å²) in [4.78, 5) is 22.0. The van der Waals surface area contributed by atoms with Crippen molar-refractivity contribution in [1.82, 2.24) is 25.3 Å². The second-order valence-electron chi connectivity index (χ2n) is 8.06. The first-order valence-corrected chi connectivity index (χ1v) is 10.3. The molecular weight excluding hydrogens is 380 g/mol. The normalized spacial score (nSPS) is 15.0. The van der Waals surface area contributed by atoms with Crippen molar-refractivity contribution in [3.63, 3.8) is 0 Å². The topological polar surface area (TPSA) is 95.3 Å². The van der Waals surface area contributed by atoms with Crippen molar-refractivity contribution in [2.24, 2.45) is 13.0 Å². The summed E-state index contributed by atoms with van der Waals surface area (Å²) >= 11 is 0. The highest BCUT2D eigenvalue weighted by atomic mass is 16.5. The summed E-state index contributed by atoms with van der Waals surface area (Å²) in [5, 5.41) is 13.6. The molecule has 1 aliphatic rings. The SMILES string of the molecule is Cc1ccc2c(c1)c(CNCC1CCN(c3ncc(C(=O)NO)cn3)CC1)cn2C. The fourth-order valence-electron chi connectivity index (χ4n) is 4.14. The average molecular weight is 409 g/mol. The lowest BCUT2D eigenvalue weighted by atomic mass is 9.97. The molecule has 4 rings (SSSR count). The Morgan fingerprint density at radius 1 is 1.23 bits per heavy atom. The van der Waals surface area contributed by atoms with Gasteiger partial charge in [-0.2, -0.15) is 0 Å². The van der Waals surface area contributed by atoms with Gasteiger partial charge in [0, 0.05) is 56.2 Å². The number of rotatable bonds is 6. The molecule has 30 heavy (non-hydrogen) atoms. The number of carbonyl (C=O) groups excluding carboxylic acids is 1. The predicted octanol–water partition coefficient (Wildman–Crippen LogP) is 2.40. The number of hydroxylamine groups is 1. The van der Waals surface area contributed by atoms with E-state index in [-0.39, 0.29) is 5.56 Å². The Kier molecular flexibility index (Phi) is 5.96. The highest BCUT2D eigenvalue weighted by molar-refractivity contribution is 5.92. The van der Waals surface area contributed by atoms with Gasteiger partial charge in [0.2, 0.25) is 5.95 Å². The van der Waals surface area contributed by atoms with E-state index in [0.717, 1.165) is 39.0 Å². The second-order valence-corrected chi connectivity index (χ2v) is 8.06. The molecule has 158 valence electrons. The number of nitrogens with zero attached hydrogens (tertiary/aromatic N) is 4. The molecule has 0 spiro atoms. The zero-order chi connectivity index (χ0) is 21.1. The van der Waals surface area contributed by atoms with Crippen molar-refractivity contribution < 1.29 is 10.0 Å². The number of fused-ring (bicyclic) bond motifs is 1. The van der Waals surface area contributed by atoms with Crippen molar-refractivity contribution in [3.8, 4) is 0 Å². The van der Waals surface area contributed by atoms with Crippen LogP contribution in [-0.4, -0.2) is 45.3 Å². The van der Waals surface area contributed by atoms with E-state index < -0.39 is 5.91 Å². The van der Waals surface area contributed by atoms with E-state index in [4.69, 9.17) is 5.21 Å². The van der Waals surface area contributed by atoms with E-state index in [9.17, 15) is 4.79 Å². The van der Waals surface area contributed by atoms with Gasteiger partial charge in [-0.1, -0.05) is 11.6 Å². The monoisotopic (exact) mass is 408 g/mol. The predicted molar refractivity (Wildman–Crippen MR) is 116 cm³/mol. The fraction of sp³-hybridized carbons (Fsp3) is 0.409.